The number of aliphatic hydroxyl groups excluding tert-OH is 1. The number of rotatable bonds is 1. The minimum atomic E-state index is -0.211. The molecule has 0 saturated carbocycles. The van der Waals surface area contributed by atoms with Gasteiger partial charge < -0.3 is 14.6 Å². The van der Waals surface area contributed by atoms with Crippen molar-refractivity contribution >= 4 is 17.3 Å². The molecule has 2 aromatic heterocycles. The van der Waals surface area contributed by atoms with Crippen LogP contribution in [0, 0.1) is 11.8 Å². The Kier molecular flexibility index (Phi) is 4.32. The zero-order valence-corrected chi connectivity index (χ0v) is 13.1. The van der Waals surface area contributed by atoms with Gasteiger partial charge in [0.1, 0.15) is 10.8 Å². The summed E-state index contributed by atoms with van der Waals surface area (Å²) in [5.74, 6) is 6.18. The highest BCUT2D eigenvalue weighted by Gasteiger charge is 2.19. The summed E-state index contributed by atoms with van der Waals surface area (Å²) in [5.41, 5.74) is 2.51. The number of nitrogens with zero attached hydrogens (tertiary/aromatic N) is 4. The van der Waals surface area contributed by atoms with Crippen LogP contribution < -0.4 is 4.90 Å². The Morgan fingerprint density at radius 2 is 2.05 bits per heavy atom. The second-order valence-corrected chi connectivity index (χ2v) is 5.80. The van der Waals surface area contributed by atoms with Crippen LogP contribution in [-0.2, 0) is 7.05 Å². The van der Waals surface area contributed by atoms with Crippen LogP contribution in [-0.4, -0.2) is 38.8 Å². The van der Waals surface area contributed by atoms with Crippen molar-refractivity contribution < 1.29 is 5.11 Å². The maximum atomic E-state index is 9.65. The Hall–Kier alpha value is -2.03. The van der Waals surface area contributed by atoms with Crippen LogP contribution >= 0.6 is 11.6 Å². The number of aromatic nitrogens is 3. The number of hydrogen-bond donors (Lipinski definition) is 1. The second-order valence-electron chi connectivity index (χ2n) is 5.42. The highest BCUT2D eigenvalue weighted by atomic mass is 35.5. The smallest absolute Gasteiger partial charge is 0.131 e. The van der Waals surface area contributed by atoms with Gasteiger partial charge in [-0.2, -0.15) is 0 Å². The molecule has 3 heterocycles. The molecule has 6 heteroatoms. The van der Waals surface area contributed by atoms with E-state index in [0.29, 0.717) is 5.15 Å². The van der Waals surface area contributed by atoms with Gasteiger partial charge in [0, 0.05) is 38.6 Å². The number of pyridine rings is 1. The van der Waals surface area contributed by atoms with Crippen LogP contribution in [0.1, 0.15) is 24.1 Å². The third-order valence-corrected chi connectivity index (χ3v) is 3.89. The largest absolute Gasteiger partial charge is 0.393 e. The van der Waals surface area contributed by atoms with Crippen molar-refractivity contribution in [3.8, 4) is 11.8 Å². The van der Waals surface area contributed by atoms with Gasteiger partial charge in [0.15, 0.2) is 0 Å². The zero-order chi connectivity index (χ0) is 15.5. The molecule has 0 bridgehead atoms. The molecule has 0 spiro atoms. The molecule has 0 radical (unpaired) electrons. The van der Waals surface area contributed by atoms with Crippen molar-refractivity contribution in [2.45, 2.75) is 18.9 Å². The van der Waals surface area contributed by atoms with E-state index in [4.69, 9.17) is 11.6 Å². The van der Waals surface area contributed by atoms with Crippen LogP contribution in [0.15, 0.2) is 24.8 Å². The number of halogens is 1. The molecule has 1 N–H and O–H groups in total. The highest BCUT2D eigenvalue weighted by Crippen LogP contribution is 2.25. The SMILES string of the molecule is Cn1cnc(C#Cc2cnc(Cl)cc2N2CCC(O)CC2)c1. The first-order valence-corrected chi connectivity index (χ1v) is 7.58. The number of aryl methyl sites for hydroxylation is 1. The molecule has 0 amide bonds. The fraction of sp³-hybridized carbons (Fsp3) is 0.375. The first-order chi connectivity index (χ1) is 10.6. The lowest BCUT2D eigenvalue weighted by atomic mass is 10.1. The summed E-state index contributed by atoms with van der Waals surface area (Å²) in [7, 11) is 1.91. The molecule has 22 heavy (non-hydrogen) atoms. The van der Waals surface area contributed by atoms with E-state index in [9.17, 15) is 5.11 Å². The average molecular weight is 317 g/mol. The number of hydrogen-bond acceptors (Lipinski definition) is 4. The van der Waals surface area contributed by atoms with Gasteiger partial charge in [0.2, 0.25) is 0 Å². The molecule has 0 atom stereocenters. The van der Waals surface area contributed by atoms with Crippen LogP contribution in [0.25, 0.3) is 0 Å². The lowest BCUT2D eigenvalue weighted by Gasteiger charge is -2.32. The lowest BCUT2D eigenvalue weighted by Crippen LogP contribution is -2.36. The van der Waals surface area contributed by atoms with Gasteiger partial charge in [0.05, 0.1) is 23.7 Å². The third kappa shape index (κ3) is 3.41. The maximum Gasteiger partial charge on any atom is 0.131 e. The molecule has 3 rings (SSSR count). The van der Waals surface area contributed by atoms with Gasteiger partial charge >= 0.3 is 0 Å². The molecule has 1 fully saturated rings. The summed E-state index contributed by atoms with van der Waals surface area (Å²) >= 11 is 6.03. The van der Waals surface area contributed by atoms with Gasteiger partial charge in [-0.05, 0) is 18.8 Å². The summed E-state index contributed by atoms with van der Waals surface area (Å²) in [6, 6.07) is 1.84. The molecule has 0 aliphatic carbocycles. The van der Waals surface area contributed by atoms with Crippen molar-refractivity contribution in [3.05, 3.63) is 41.2 Å². The molecular formula is C16H17ClN4O. The minimum Gasteiger partial charge on any atom is -0.393 e. The topological polar surface area (TPSA) is 54.2 Å². The first kappa shape index (κ1) is 14.9. The zero-order valence-electron chi connectivity index (χ0n) is 12.3. The van der Waals surface area contributed by atoms with Gasteiger partial charge in [-0.3, -0.25) is 0 Å². The lowest BCUT2D eigenvalue weighted by molar-refractivity contribution is 0.145. The van der Waals surface area contributed by atoms with Gasteiger partial charge in [-0.15, -0.1) is 0 Å². The molecule has 1 aliphatic rings. The fourth-order valence-electron chi connectivity index (χ4n) is 2.49. The Morgan fingerprint density at radius 1 is 1.27 bits per heavy atom. The molecule has 0 unspecified atom stereocenters. The molecule has 114 valence electrons. The number of aliphatic hydroxyl groups is 1. The number of anilines is 1. The van der Waals surface area contributed by atoms with E-state index in [1.165, 1.54) is 0 Å². The third-order valence-electron chi connectivity index (χ3n) is 3.68. The second kappa shape index (κ2) is 6.39. The van der Waals surface area contributed by atoms with Crippen LogP contribution in [0.4, 0.5) is 5.69 Å². The van der Waals surface area contributed by atoms with E-state index in [1.807, 2.05) is 23.9 Å². The summed E-state index contributed by atoms with van der Waals surface area (Å²) < 4.78 is 1.86. The summed E-state index contributed by atoms with van der Waals surface area (Å²) in [5, 5.41) is 10.1. The normalized spacial score (nSPS) is 15.5. The maximum absolute atomic E-state index is 9.65. The standard InChI is InChI=1S/C16H17ClN4O/c1-20-10-13(19-11-20)3-2-12-9-18-16(17)8-15(12)21-6-4-14(22)5-7-21/h8-11,14,22H,4-7H2,1H3. The molecule has 0 aromatic carbocycles. The molecule has 1 aliphatic heterocycles. The van der Waals surface area contributed by atoms with Crippen molar-refractivity contribution in [2.24, 2.45) is 7.05 Å². The average Bonchev–Trinajstić information content (AvgIpc) is 2.92. The Labute approximate surface area is 134 Å². The van der Waals surface area contributed by atoms with Crippen molar-refractivity contribution in [1.82, 2.24) is 14.5 Å². The Morgan fingerprint density at radius 3 is 2.73 bits per heavy atom. The van der Waals surface area contributed by atoms with E-state index in [0.717, 1.165) is 42.9 Å². The highest BCUT2D eigenvalue weighted by molar-refractivity contribution is 6.29. The van der Waals surface area contributed by atoms with Crippen molar-refractivity contribution in [1.29, 1.82) is 0 Å². The van der Waals surface area contributed by atoms with E-state index >= 15 is 0 Å². The van der Waals surface area contributed by atoms with Crippen LogP contribution in [0.2, 0.25) is 5.15 Å². The quantitative estimate of drug-likeness (QED) is 0.644. The van der Waals surface area contributed by atoms with E-state index in [2.05, 4.69) is 26.7 Å². The molecule has 5 nitrogen and oxygen atoms in total. The summed E-state index contributed by atoms with van der Waals surface area (Å²) in [6.45, 7) is 1.58. The van der Waals surface area contributed by atoms with Gasteiger partial charge in [-0.25, -0.2) is 9.97 Å². The predicted molar refractivity (Wildman–Crippen MR) is 85.9 cm³/mol. The van der Waals surface area contributed by atoms with Gasteiger partial charge in [0.25, 0.3) is 0 Å². The molecule has 1 saturated heterocycles. The first-order valence-electron chi connectivity index (χ1n) is 7.20. The Balaban J connectivity index is 1.89. The predicted octanol–water partition coefficient (Wildman–Crippen LogP) is 1.83. The van der Waals surface area contributed by atoms with Crippen molar-refractivity contribution in [2.75, 3.05) is 18.0 Å². The van der Waals surface area contributed by atoms with E-state index in [-0.39, 0.29) is 6.10 Å². The Bertz CT molecular complexity index is 723. The van der Waals surface area contributed by atoms with E-state index in [1.54, 1.807) is 12.5 Å². The van der Waals surface area contributed by atoms with Crippen LogP contribution in [0.5, 0.6) is 0 Å². The van der Waals surface area contributed by atoms with Gasteiger partial charge in [-0.1, -0.05) is 17.5 Å². The summed E-state index contributed by atoms with van der Waals surface area (Å²) in [4.78, 5) is 10.5. The van der Waals surface area contributed by atoms with E-state index < -0.39 is 0 Å². The van der Waals surface area contributed by atoms with Crippen molar-refractivity contribution in [3.63, 3.8) is 0 Å². The molecule has 2 aromatic rings. The monoisotopic (exact) mass is 316 g/mol. The number of imidazole rings is 1. The fourth-order valence-corrected chi connectivity index (χ4v) is 2.65. The van der Waals surface area contributed by atoms with Crippen LogP contribution in [0.3, 0.4) is 0 Å². The minimum absolute atomic E-state index is 0.211. The summed E-state index contributed by atoms with van der Waals surface area (Å²) in [6.07, 6.45) is 6.58. The molecular weight excluding hydrogens is 300 g/mol. The number of piperidine rings is 1.